The van der Waals surface area contributed by atoms with Gasteiger partial charge >= 0.3 is 0 Å². The van der Waals surface area contributed by atoms with Crippen LogP contribution >= 0.6 is 0 Å². The molecule has 0 unspecified atom stereocenters. The van der Waals surface area contributed by atoms with Crippen LogP contribution < -0.4 is 11.1 Å². The van der Waals surface area contributed by atoms with Gasteiger partial charge in [-0.25, -0.2) is 4.98 Å². The second-order valence-corrected chi connectivity index (χ2v) is 2.30. The molecule has 15 heavy (non-hydrogen) atoms. The quantitative estimate of drug-likeness (QED) is 0.307. The predicted octanol–water partition coefficient (Wildman–Crippen LogP) is 1.88. The molecule has 0 radical (unpaired) electrons. The molecule has 1 aromatic heterocycles. The third-order valence-corrected chi connectivity index (χ3v) is 1.24. The zero-order chi connectivity index (χ0) is 11.7. The Labute approximate surface area is 87.8 Å². The molecular weight excluding hydrogens is 195 g/mol. The molecule has 0 amide bonds. The number of pyridine rings is 1. The van der Waals surface area contributed by atoms with E-state index in [1.54, 1.807) is 6.07 Å². The summed E-state index contributed by atoms with van der Waals surface area (Å²) in [7, 11) is 0. The van der Waals surface area contributed by atoms with Gasteiger partial charge in [-0.2, -0.15) is 4.39 Å². The van der Waals surface area contributed by atoms with E-state index in [0.717, 1.165) is 0 Å². The van der Waals surface area contributed by atoms with Crippen molar-refractivity contribution in [1.29, 1.82) is 5.41 Å². The highest BCUT2D eigenvalue weighted by atomic mass is 19.1. The van der Waals surface area contributed by atoms with E-state index in [0.29, 0.717) is 5.69 Å². The lowest BCUT2D eigenvalue weighted by molar-refractivity contribution is 0.584. The Morgan fingerprint density at radius 1 is 1.60 bits per heavy atom. The second kappa shape index (κ2) is 7.25. The Morgan fingerprint density at radius 3 is 2.80 bits per heavy atom. The predicted molar refractivity (Wildman–Crippen MR) is 60.1 cm³/mol. The lowest BCUT2D eigenvalue weighted by Crippen LogP contribution is -2.05. The number of anilines is 1. The summed E-state index contributed by atoms with van der Waals surface area (Å²) in [5.74, 6) is -0.622. The molecule has 1 aromatic rings. The van der Waals surface area contributed by atoms with E-state index in [2.05, 4.69) is 23.5 Å². The van der Waals surface area contributed by atoms with Gasteiger partial charge in [0.2, 0.25) is 5.95 Å². The minimum Gasteiger partial charge on any atom is -0.384 e. The van der Waals surface area contributed by atoms with Crippen LogP contribution in [-0.4, -0.2) is 10.8 Å². The smallest absolute Gasteiger partial charge is 0.214 e. The Balaban J connectivity index is 0.000000921. The van der Waals surface area contributed by atoms with Crippen LogP contribution in [-0.2, 0) is 0 Å². The molecular formula is C10H13FN4. The van der Waals surface area contributed by atoms with Crippen molar-refractivity contribution in [2.75, 3.05) is 5.32 Å². The first-order chi connectivity index (χ1) is 7.18. The minimum absolute atomic E-state index is 0.0676. The highest BCUT2D eigenvalue weighted by Gasteiger charge is 1.91. The molecule has 0 aliphatic heterocycles. The van der Waals surface area contributed by atoms with E-state index in [-0.39, 0.29) is 5.84 Å². The van der Waals surface area contributed by atoms with Crippen molar-refractivity contribution in [2.24, 2.45) is 5.73 Å². The monoisotopic (exact) mass is 208 g/mol. The third kappa shape index (κ3) is 5.98. The molecule has 0 aromatic carbocycles. The van der Waals surface area contributed by atoms with Gasteiger partial charge in [-0.1, -0.05) is 0 Å². The number of nitrogens with two attached hydrogens (primary N) is 1. The fourth-order valence-electron chi connectivity index (χ4n) is 0.720. The Morgan fingerprint density at radius 2 is 2.27 bits per heavy atom. The van der Waals surface area contributed by atoms with Crippen molar-refractivity contribution in [1.82, 2.24) is 4.98 Å². The summed E-state index contributed by atoms with van der Waals surface area (Å²) < 4.78 is 12.5. The van der Waals surface area contributed by atoms with Crippen molar-refractivity contribution in [3.63, 3.8) is 0 Å². The molecule has 0 spiro atoms. The van der Waals surface area contributed by atoms with Crippen LogP contribution in [0.25, 0.3) is 0 Å². The number of hydrogen-bond donors (Lipinski definition) is 3. The first-order valence-electron chi connectivity index (χ1n) is 4.07. The summed E-state index contributed by atoms with van der Waals surface area (Å²) in [5, 5.41) is 9.60. The summed E-state index contributed by atoms with van der Waals surface area (Å²) in [6.45, 7) is 6.00. The number of aromatic nitrogens is 1. The number of halogens is 1. The normalized spacial score (nSPS) is 9.13. The molecule has 0 atom stereocenters. The number of amidine groups is 1. The van der Waals surface area contributed by atoms with E-state index in [4.69, 9.17) is 11.1 Å². The zero-order valence-corrected chi connectivity index (χ0v) is 8.20. The summed E-state index contributed by atoms with van der Waals surface area (Å²) >= 11 is 0. The molecule has 4 nitrogen and oxygen atoms in total. The van der Waals surface area contributed by atoms with E-state index in [1.807, 2.05) is 0 Å². The maximum absolute atomic E-state index is 12.5. The van der Waals surface area contributed by atoms with Crippen LogP contribution in [0.5, 0.6) is 0 Å². The van der Waals surface area contributed by atoms with Crippen LogP contribution in [0, 0.1) is 11.4 Å². The lowest BCUT2D eigenvalue weighted by atomic mass is 10.4. The van der Waals surface area contributed by atoms with E-state index < -0.39 is 5.95 Å². The maximum atomic E-state index is 12.5. The van der Waals surface area contributed by atoms with Gasteiger partial charge in [0.1, 0.15) is 5.84 Å². The van der Waals surface area contributed by atoms with Crippen molar-refractivity contribution in [3.05, 3.63) is 49.7 Å². The van der Waals surface area contributed by atoms with Crippen molar-refractivity contribution in [3.8, 4) is 0 Å². The largest absolute Gasteiger partial charge is 0.384 e. The Bertz CT molecular complexity index is 349. The molecule has 1 heterocycles. The SMILES string of the molecule is C=C.N=C(N)/C=C\Nc1ccnc(F)c1. The van der Waals surface area contributed by atoms with Gasteiger partial charge in [-0.3, -0.25) is 5.41 Å². The van der Waals surface area contributed by atoms with E-state index >= 15 is 0 Å². The molecule has 0 saturated heterocycles. The zero-order valence-electron chi connectivity index (χ0n) is 8.20. The topological polar surface area (TPSA) is 74.8 Å². The summed E-state index contributed by atoms with van der Waals surface area (Å²) in [5.41, 5.74) is 5.62. The van der Waals surface area contributed by atoms with Crippen LogP contribution in [0.2, 0.25) is 0 Å². The fraction of sp³-hybridized carbons (Fsp3) is 0. The van der Waals surface area contributed by atoms with E-state index in [9.17, 15) is 4.39 Å². The lowest BCUT2D eigenvalue weighted by Gasteiger charge is -1.98. The molecule has 0 aliphatic rings. The number of rotatable bonds is 3. The molecule has 4 N–H and O–H groups in total. The van der Waals surface area contributed by atoms with Gasteiger partial charge in [0, 0.05) is 24.2 Å². The Hall–Kier alpha value is -2.17. The average Bonchev–Trinajstić information content (AvgIpc) is 2.20. The highest BCUT2D eigenvalue weighted by molar-refractivity contribution is 5.88. The van der Waals surface area contributed by atoms with Crippen LogP contribution in [0.15, 0.2) is 43.8 Å². The van der Waals surface area contributed by atoms with Gasteiger partial charge < -0.3 is 11.1 Å². The van der Waals surface area contributed by atoms with Gasteiger partial charge in [0.25, 0.3) is 0 Å². The van der Waals surface area contributed by atoms with Gasteiger partial charge in [0.05, 0.1) is 0 Å². The fourth-order valence-corrected chi connectivity index (χ4v) is 0.720. The average molecular weight is 208 g/mol. The summed E-state index contributed by atoms with van der Waals surface area (Å²) in [4.78, 5) is 3.39. The molecule has 80 valence electrons. The van der Waals surface area contributed by atoms with Crippen molar-refractivity contribution < 1.29 is 4.39 Å². The van der Waals surface area contributed by atoms with Crippen LogP contribution in [0.3, 0.4) is 0 Å². The standard InChI is InChI=1S/C8H9FN4.C2H4/c9-7-5-6(1-3-13-7)12-4-2-8(10)11;1-2/h1-5H,(H3,10,11)(H,12,13);1-2H2/b4-2-;. The molecule has 0 aliphatic carbocycles. The minimum atomic E-state index is -0.554. The van der Waals surface area contributed by atoms with Gasteiger partial charge in [-0.05, 0) is 12.1 Å². The molecule has 0 saturated carbocycles. The second-order valence-electron chi connectivity index (χ2n) is 2.30. The molecule has 0 bridgehead atoms. The summed E-state index contributed by atoms with van der Waals surface area (Å²) in [6, 6.07) is 2.85. The van der Waals surface area contributed by atoms with E-state index in [1.165, 1.54) is 24.5 Å². The van der Waals surface area contributed by atoms with Gasteiger partial charge in [-0.15, -0.1) is 13.2 Å². The molecule has 0 fully saturated rings. The number of hydrogen-bond acceptors (Lipinski definition) is 3. The third-order valence-electron chi connectivity index (χ3n) is 1.24. The van der Waals surface area contributed by atoms with Crippen molar-refractivity contribution >= 4 is 11.5 Å². The molecule has 1 rings (SSSR count). The summed E-state index contributed by atoms with van der Waals surface area (Å²) in [6.07, 6.45) is 4.16. The number of nitrogens with one attached hydrogen (secondary N) is 2. The first kappa shape index (κ1) is 12.8. The van der Waals surface area contributed by atoms with Crippen LogP contribution in [0.1, 0.15) is 0 Å². The Kier molecular flexibility index (Phi) is 6.20. The number of nitrogens with zero attached hydrogens (tertiary/aromatic N) is 1. The van der Waals surface area contributed by atoms with Gasteiger partial charge in [0.15, 0.2) is 0 Å². The molecule has 5 heteroatoms. The first-order valence-corrected chi connectivity index (χ1v) is 4.07. The van der Waals surface area contributed by atoms with Crippen molar-refractivity contribution in [2.45, 2.75) is 0 Å². The highest BCUT2D eigenvalue weighted by Crippen LogP contribution is 2.05. The maximum Gasteiger partial charge on any atom is 0.214 e. The van der Waals surface area contributed by atoms with Crippen LogP contribution in [0.4, 0.5) is 10.1 Å².